The molecule has 0 saturated carbocycles. The fraction of sp³-hybridized carbons (Fsp3) is 0.550. The molecule has 3 atom stereocenters. The van der Waals surface area contributed by atoms with E-state index in [4.69, 9.17) is 15.3 Å². The quantitative estimate of drug-likeness (QED) is 0.515. The SMILES string of the molecule is CNC(=O)[C@@H](CCc1ccccc1)C(CC(N)=O)C(=O)NOC1CCCCO1. The van der Waals surface area contributed by atoms with Crippen molar-refractivity contribution in [3.63, 3.8) is 0 Å². The Labute approximate surface area is 165 Å². The minimum absolute atomic E-state index is 0.242. The fourth-order valence-corrected chi connectivity index (χ4v) is 3.31. The summed E-state index contributed by atoms with van der Waals surface area (Å²) in [6.45, 7) is 0.573. The van der Waals surface area contributed by atoms with Gasteiger partial charge in [0.1, 0.15) is 0 Å². The highest BCUT2D eigenvalue weighted by Crippen LogP contribution is 2.23. The summed E-state index contributed by atoms with van der Waals surface area (Å²) in [5, 5.41) is 2.58. The zero-order valence-corrected chi connectivity index (χ0v) is 16.2. The van der Waals surface area contributed by atoms with Crippen molar-refractivity contribution in [1.29, 1.82) is 0 Å². The normalized spacial score (nSPS) is 18.7. The number of hydrogen-bond donors (Lipinski definition) is 3. The van der Waals surface area contributed by atoms with Crippen LogP contribution in [-0.4, -0.2) is 37.7 Å². The van der Waals surface area contributed by atoms with Crippen LogP contribution in [0.2, 0.25) is 0 Å². The van der Waals surface area contributed by atoms with Crippen molar-refractivity contribution in [2.24, 2.45) is 17.6 Å². The molecule has 0 bridgehead atoms. The van der Waals surface area contributed by atoms with Gasteiger partial charge in [-0.1, -0.05) is 30.3 Å². The first-order chi connectivity index (χ1) is 13.5. The number of hydrogen-bond acceptors (Lipinski definition) is 5. The molecule has 1 saturated heterocycles. The van der Waals surface area contributed by atoms with Crippen LogP contribution < -0.4 is 16.5 Å². The average molecular weight is 391 g/mol. The molecule has 1 aliphatic heterocycles. The molecule has 1 heterocycles. The van der Waals surface area contributed by atoms with Gasteiger partial charge < -0.3 is 15.8 Å². The van der Waals surface area contributed by atoms with Crippen LogP contribution in [-0.2, 0) is 30.4 Å². The lowest BCUT2D eigenvalue weighted by atomic mass is 9.83. The van der Waals surface area contributed by atoms with E-state index in [0.29, 0.717) is 25.9 Å². The summed E-state index contributed by atoms with van der Waals surface area (Å²) in [6, 6.07) is 9.64. The number of primary amides is 1. The van der Waals surface area contributed by atoms with Crippen molar-refractivity contribution in [1.82, 2.24) is 10.8 Å². The molecular weight excluding hydrogens is 362 g/mol. The van der Waals surface area contributed by atoms with E-state index in [-0.39, 0.29) is 12.3 Å². The summed E-state index contributed by atoms with van der Waals surface area (Å²) in [5.41, 5.74) is 8.75. The van der Waals surface area contributed by atoms with E-state index in [9.17, 15) is 14.4 Å². The number of amides is 3. The molecule has 28 heavy (non-hydrogen) atoms. The number of rotatable bonds is 10. The standard InChI is InChI=1S/C20H29N3O5/c1-22-19(25)15(11-10-14-7-3-2-4-8-14)16(13-17(21)24)20(26)23-28-18-9-5-6-12-27-18/h2-4,7-8,15-16,18H,5-6,9-13H2,1H3,(H2,21,24)(H,22,25)(H,23,26)/t15-,16?,18?/m0/s1. The molecule has 1 aliphatic rings. The van der Waals surface area contributed by atoms with Gasteiger partial charge in [0, 0.05) is 26.5 Å². The predicted octanol–water partition coefficient (Wildman–Crippen LogP) is 1.05. The molecule has 1 aromatic rings. The van der Waals surface area contributed by atoms with Gasteiger partial charge in [0.25, 0.3) is 0 Å². The van der Waals surface area contributed by atoms with Crippen LogP contribution in [0.1, 0.15) is 37.7 Å². The number of carbonyl (C=O) groups excluding carboxylic acids is 3. The zero-order valence-electron chi connectivity index (χ0n) is 16.2. The lowest BCUT2D eigenvalue weighted by molar-refractivity contribution is -0.203. The fourth-order valence-electron chi connectivity index (χ4n) is 3.31. The molecule has 1 aromatic carbocycles. The first kappa shape index (κ1) is 21.8. The first-order valence-electron chi connectivity index (χ1n) is 9.62. The van der Waals surface area contributed by atoms with Gasteiger partial charge >= 0.3 is 0 Å². The Morgan fingerprint density at radius 1 is 1.18 bits per heavy atom. The second-order valence-electron chi connectivity index (χ2n) is 6.90. The topological polar surface area (TPSA) is 120 Å². The molecule has 8 heteroatoms. The van der Waals surface area contributed by atoms with E-state index in [1.807, 2.05) is 30.3 Å². The van der Waals surface area contributed by atoms with Crippen LogP contribution in [0.4, 0.5) is 0 Å². The summed E-state index contributed by atoms with van der Waals surface area (Å²) < 4.78 is 5.42. The number of nitrogens with two attached hydrogens (primary N) is 1. The van der Waals surface area contributed by atoms with Gasteiger partial charge in [0.2, 0.25) is 17.7 Å². The third-order valence-electron chi connectivity index (χ3n) is 4.84. The van der Waals surface area contributed by atoms with Crippen LogP contribution in [0.25, 0.3) is 0 Å². The van der Waals surface area contributed by atoms with Gasteiger partial charge in [0.05, 0.1) is 11.8 Å². The van der Waals surface area contributed by atoms with Gasteiger partial charge in [-0.05, 0) is 31.2 Å². The van der Waals surface area contributed by atoms with Crippen LogP contribution >= 0.6 is 0 Å². The second-order valence-corrected chi connectivity index (χ2v) is 6.90. The van der Waals surface area contributed by atoms with Gasteiger partial charge in [-0.3, -0.25) is 14.4 Å². The van der Waals surface area contributed by atoms with Crippen LogP contribution in [0, 0.1) is 11.8 Å². The molecule has 1 fully saturated rings. The molecule has 4 N–H and O–H groups in total. The maximum Gasteiger partial charge on any atom is 0.248 e. The average Bonchev–Trinajstić information content (AvgIpc) is 2.72. The molecule has 0 aliphatic carbocycles. The van der Waals surface area contributed by atoms with Gasteiger partial charge in [-0.25, -0.2) is 10.3 Å². The van der Waals surface area contributed by atoms with Crippen molar-refractivity contribution >= 4 is 17.7 Å². The summed E-state index contributed by atoms with van der Waals surface area (Å²) in [7, 11) is 1.50. The predicted molar refractivity (Wildman–Crippen MR) is 102 cm³/mol. The van der Waals surface area contributed by atoms with E-state index in [1.165, 1.54) is 7.05 Å². The lowest BCUT2D eigenvalue weighted by Gasteiger charge is -2.26. The Morgan fingerprint density at radius 2 is 1.93 bits per heavy atom. The number of hydroxylamine groups is 1. The Hall–Kier alpha value is -2.45. The smallest absolute Gasteiger partial charge is 0.248 e. The maximum absolute atomic E-state index is 12.7. The minimum atomic E-state index is -0.926. The summed E-state index contributed by atoms with van der Waals surface area (Å²) in [5.74, 6) is -3.15. The third kappa shape index (κ3) is 6.94. The van der Waals surface area contributed by atoms with E-state index < -0.39 is 29.9 Å². The molecule has 2 rings (SSSR count). The largest absolute Gasteiger partial charge is 0.370 e. The number of ether oxygens (including phenoxy) is 1. The zero-order chi connectivity index (χ0) is 20.4. The van der Waals surface area contributed by atoms with Crippen molar-refractivity contribution in [3.8, 4) is 0 Å². The van der Waals surface area contributed by atoms with Crippen molar-refractivity contribution in [2.75, 3.05) is 13.7 Å². The lowest BCUT2D eigenvalue weighted by Crippen LogP contribution is -2.44. The molecule has 0 spiro atoms. The molecule has 0 radical (unpaired) electrons. The molecule has 154 valence electrons. The van der Waals surface area contributed by atoms with Gasteiger partial charge in [-0.2, -0.15) is 0 Å². The number of nitrogens with one attached hydrogen (secondary N) is 2. The van der Waals surface area contributed by atoms with Crippen molar-refractivity contribution < 1.29 is 24.0 Å². The molecule has 2 unspecified atom stereocenters. The molecule has 0 aromatic heterocycles. The highest BCUT2D eigenvalue weighted by atomic mass is 16.8. The van der Waals surface area contributed by atoms with E-state index in [0.717, 1.165) is 18.4 Å². The number of carbonyl (C=O) groups is 3. The summed E-state index contributed by atoms with van der Waals surface area (Å²) in [6.07, 6.45) is 2.80. The number of aryl methyl sites for hydroxylation is 1. The Kier molecular flexibility index (Phi) is 8.90. The minimum Gasteiger partial charge on any atom is -0.370 e. The van der Waals surface area contributed by atoms with Crippen molar-refractivity contribution in [3.05, 3.63) is 35.9 Å². The van der Waals surface area contributed by atoms with E-state index >= 15 is 0 Å². The monoisotopic (exact) mass is 391 g/mol. The number of benzene rings is 1. The molecule has 8 nitrogen and oxygen atoms in total. The van der Waals surface area contributed by atoms with Crippen LogP contribution in [0.3, 0.4) is 0 Å². The Morgan fingerprint density at radius 3 is 2.54 bits per heavy atom. The Bertz CT molecular complexity index is 647. The van der Waals surface area contributed by atoms with Crippen LogP contribution in [0.15, 0.2) is 30.3 Å². The van der Waals surface area contributed by atoms with Gasteiger partial charge in [0.15, 0.2) is 6.29 Å². The highest BCUT2D eigenvalue weighted by Gasteiger charge is 2.35. The third-order valence-corrected chi connectivity index (χ3v) is 4.84. The van der Waals surface area contributed by atoms with Gasteiger partial charge in [-0.15, -0.1) is 0 Å². The molecule has 3 amide bonds. The van der Waals surface area contributed by atoms with Crippen LogP contribution in [0.5, 0.6) is 0 Å². The highest BCUT2D eigenvalue weighted by molar-refractivity contribution is 5.90. The maximum atomic E-state index is 12.7. The second kappa shape index (κ2) is 11.4. The summed E-state index contributed by atoms with van der Waals surface area (Å²) in [4.78, 5) is 42.1. The summed E-state index contributed by atoms with van der Waals surface area (Å²) >= 11 is 0. The van der Waals surface area contributed by atoms with E-state index in [2.05, 4.69) is 10.8 Å². The first-order valence-corrected chi connectivity index (χ1v) is 9.62. The van der Waals surface area contributed by atoms with E-state index in [1.54, 1.807) is 0 Å². The molecular formula is C20H29N3O5. The Balaban J connectivity index is 2.05. The van der Waals surface area contributed by atoms with Crippen molar-refractivity contribution in [2.45, 2.75) is 44.8 Å².